The van der Waals surface area contributed by atoms with Crippen LogP contribution in [0.4, 0.5) is 0 Å². The van der Waals surface area contributed by atoms with Crippen LogP contribution in [0.3, 0.4) is 0 Å². The Bertz CT molecular complexity index is 626. The van der Waals surface area contributed by atoms with Crippen molar-refractivity contribution in [3.63, 3.8) is 0 Å². The minimum absolute atomic E-state index is 0.181. The van der Waals surface area contributed by atoms with Gasteiger partial charge in [-0.25, -0.2) is 0 Å². The number of ether oxygens (including phenoxy) is 1. The average molecular weight is 288 g/mol. The number of hydrogen-bond acceptors (Lipinski definition) is 4. The second-order valence-electron chi connectivity index (χ2n) is 5.33. The summed E-state index contributed by atoms with van der Waals surface area (Å²) in [6.45, 7) is 2.31. The number of aliphatic hydroxyl groups is 1. The maximum atomic E-state index is 12.1. The molecular formula is C16H20N2O3. The molecule has 0 bridgehead atoms. The zero-order valence-electron chi connectivity index (χ0n) is 12.3. The van der Waals surface area contributed by atoms with Crippen molar-refractivity contribution in [2.75, 3.05) is 20.3 Å². The van der Waals surface area contributed by atoms with Crippen molar-refractivity contribution < 1.29 is 14.6 Å². The molecule has 1 aromatic heterocycles. The third-order valence-corrected chi connectivity index (χ3v) is 3.34. The number of pyridine rings is 1. The maximum Gasteiger partial charge on any atom is 0.251 e. The lowest BCUT2D eigenvalue weighted by atomic mass is 10.0. The van der Waals surface area contributed by atoms with Crippen LogP contribution in [0.2, 0.25) is 0 Å². The molecule has 21 heavy (non-hydrogen) atoms. The van der Waals surface area contributed by atoms with Gasteiger partial charge in [0.25, 0.3) is 5.91 Å². The molecule has 0 spiro atoms. The van der Waals surface area contributed by atoms with Crippen molar-refractivity contribution in [3.8, 4) is 0 Å². The number of carbonyl (C=O) groups is 1. The SMILES string of the molecule is COCCC(C)(O)CNC(=O)c1ccc2ncccc2c1. The highest BCUT2D eigenvalue weighted by atomic mass is 16.5. The standard InChI is InChI=1S/C16H20N2O3/c1-16(20,7-9-21-2)11-18-15(19)13-5-6-14-12(10-13)4-3-8-17-14/h3-6,8,10,20H,7,9,11H2,1-2H3,(H,18,19). The molecule has 0 saturated carbocycles. The molecule has 2 aromatic rings. The number of nitrogens with one attached hydrogen (secondary N) is 1. The molecular weight excluding hydrogens is 268 g/mol. The van der Waals surface area contributed by atoms with Crippen LogP contribution in [0, 0.1) is 0 Å². The lowest BCUT2D eigenvalue weighted by molar-refractivity contribution is 0.0243. The monoisotopic (exact) mass is 288 g/mol. The Morgan fingerprint density at radius 2 is 2.24 bits per heavy atom. The topological polar surface area (TPSA) is 71.5 Å². The van der Waals surface area contributed by atoms with Crippen molar-refractivity contribution in [1.29, 1.82) is 0 Å². The van der Waals surface area contributed by atoms with Crippen LogP contribution in [-0.4, -0.2) is 41.9 Å². The Balaban J connectivity index is 2.02. The highest BCUT2D eigenvalue weighted by Crippen LogP contribution is 2.14. The van der Waals surface area contributed by atoms with Crippen LogP contribution in [-0.2, 0) is 4.74 Å². The molecule has 0 aliphatic rings. The largest absolute Gasteiger partial charge is 0.388 e. The number of methoxy groups -OCH3 is 1. The van der Waals surface area contributed by atoms with E-state index in [1.165, 1.54) is 0 Å². The van der Waals surface area contributed by atoms with Crippen LogP contribution in [0.1, 0.15) is 23.7 Å². The van der Waals surface area contributed by atoms with E-state index in [1.54, 1.807) is 32.4 Å². The summed E-state index contributed by atoms with van der Waals surface area (Å²) < 4.78 is 4.94. The molecule has 0 radical (unpaired) electrons. The Morgan fingerprint density at radius 3 is 3.00 bits per heavy atom. The molecule has 1 atom stereocenters. The quantitative estimate of drug-likeness (QED) is 0.849. The number of fused-ring (bicyclic) bond motifs is 1. The summed E-state index contributed by atoms with van der Waals surface area (Å²) in [5.74, 6) is -0.210. The molecule has 5 heteroatoms. The highest BCUT2D eigenvalue weighted by Gasteiger charge is 2.21. The summed E-state index contributed by atoms with van der Waals surface area (Å²) in [6.07, 6.45) is 2.18. The number of rotatable bonds is 6. The van der Waals surface area contributed by atoms with Gasteiger partial charge in [-0.05, 0) is 31.2 Å². The fourth-order valence-corrected chi connectivity index (χ4v) is 2.00. The second kappa shape index (κ2) is 6.65. The van der Waals surface area contributed by atoms with E-state index in [0.29, 0.717) is 18.6 Å². The molecule has 1 amide bonds. The molecule has 1 unspecified atom stereocenters. The number of carbonyl (C=O) groups excluding carboxylic acids is 1. The normalized spacial score (nSPS) is 13.9. The van der Waals surface area contributed by atoms with E-state index >= 15 is 0 Å². The van der Waals surface area contributed by atoms with E-state index in [4.69, 9.17) is 4.74 Å². The van der Waals surface area contributed by atoms with Gasteiger partial charge in [-0.3, -0.25) is 9.78 Å². The van der Waals surface area contributed by atoms with Crippen molar-refractivity contribution in [1.82, 2.24) is 10.3 Å². The third kappa shape index (κ3) is 4.24. The lowest BCUT2D eigenvalue weighted by Gasteiger charge is -2.23. The summed E-state index contributed by atoms with van der Waals surface area (Å²) in [6, 6.07) is 9.08. The number of benzene rings is 1. The Hall–Kier alpha value is -1.98. The molecule has 1 aromatic carbocycles. The predicted octanol–water partition coefficient (Wildman–Crippen LogP) is 1.75. The number of amides is 1. The van der Waals surface area contributed by atoms with Gasteiger partial charge in [-0.1, -0.05) is 6.07 Å². The molecule has 0 saturated heterocycles. The molecule has 1 heterocycles. The smallest absolute Gasteiger partial charge is 0.251 e. The lowest BCUT2D eigenvalue weighted by Crippen LogP contribution is -2.41. The fraction of sp³-hybridized carbons (Fsp3) is 0.375. The van der Waals surface area contributed by atoms with E-state index < -0.39 is 5.60 Å². The number of nitrogens with zero attached hydrogens (tertiary/aromatic N) is 1. The molecule has 5 nitrogen and oxygen atoms in total. The summed E-state index contributed by atoms with van der Waals surface area (Å²) in [4.78, 5) is 16.3. The summed E-state index contributed by atoms with van der Waals surface area (Å²) in [7, 11) is 1.58. The maximum absolute atomic E-state index is 12.1. The van der Waals surface area contributed by atoms with Crippen LogP contribution in [0.15, 0.2) is 36.5 Å². The van der Waals surface area contributed by atoms with Gasteiger partial charge in [0.2, 0.25) is 0 Å². The Labute approximate surface area is 124 Å². The molecule has 0 fully saturated rings. The summed E-state index contributed by atoms with van der Waals surface area (Å²) in [5, 5.41) is 13.8. The van der Waals surface area contributed by atoms with Gasteiger partial charge in [-0.15, -0.1) is 0 Å². The first-order valence-corrected chi connectivity index (χ1v) is 6.86. The van der Waals surface area contributed by atoms with Crippen LogP contribution in [0.25, 0.3) is 10.9 Å². The minimum atomic E-state index is -0.982. The van der Waals surface area contributed by atoms with Gasteiger partial charge in [0.1, 0.15) is 0 Å². The van der Waals surface area contributed by atoms with Crippen molar-refractivity contribution in [2.45, 2.75) is 18.9 Å². The van der Waals surface area contributed by atoms with Gasteiger partial charge < -0.3 is 15.2 Å². The van der Waals surface area contributed by atoms with Gasteiger partial charge >= 0.3 is 0 Å². The van der Waals surface area contributed by atoms with Gasteiger partial charge in [0.15, 0.2) is 0 Å². The van der Waals surface area contributed by atoms with Crippen molar-refractivity contribution in [3.05, 3.63) is 42.1 Å². The second-order valence-corrected chi connectivity index (χ2v) is 5.33. The Kier molecular flexibility index (Phi) is 4.88. The minimum Gasteiger partial charge on any atom is -0.388 e. The average Bonchev–Trinajstić information content (AvgIpc) is 2.50. The first kappa shape index (κ1) is 15.4. The summed E-state index contributed by atoms with van der Waals surface area (Å²) >= 11 is 0. The van der Waals surface area contributed by atoms with E-state index in [0.717, 1.165) is 10.9 Å². The third-order valence-electron chi connectivity index (χ3n) is 3.34. The summed E-state index contributed by atoms with van der Waals surface area (Å²) in [5.41, 5.74) is 0.420. The van der Waals surface area contributed by atoms with Crippen molar-refractivity contribution in [2.24, 2.45) is 0 Å². The van der Waals surface area contributed by atoms with E-state index in [1.807, 2.05) is 18.2 Å². The zero-order chi connectivity index (χ0) is 15.3. The first-order valence-electron chi connectivity index (χ1n) is 6.86. The molecule has 112 valence electrons. The predicted molar refractivity (Wildman–Crippen MR) is 81.2 cm³/mol. The van der Waals surface area contributed by atoms with E-state index in [2.05, 4.69) is 10.3 Å². The number of aromatic nitrogens is 1. The molecule has 2 N–H and O–H groups in total. The van der Waals surface area contributed by atoms with Crippen LogP contribution in [0.5, 0.6) is 0 Å². The number of hydrogen-bond donors (Lipinski definition) is 2. The molecule has 2 rings (SSSR count). The van der Waals surface area contributed by atoms with Crippen LogP contribution >= 0.6 is 0 Å². The van der Waals surface area contributed by atoms with Crippen molar-refractivity contribution >= 4 is 16.8 Å². The van der Waals surface area contributed by atoms with Gasteiger partial charge in [0.05, 0.1) is 11.1 Å². The van der Waals surface area contributed by atoms with Crippen LogP contribution < -0.4 is 5.32 Å². The van der Waals surface area contributed by atoms with Gasteiger partial charge in [-0.2, -0.15) is 0 Å². The van der Waals surface area contributed by atoms with E-state index in [9.17, 15) is 9.90 Å². The Morgan fingerprint density at radius 1 is 1.43 bits per heavy atom. The molecule has 0 aliphatic carbocycles. The molecule has 0 aliphatic heterocycles. The van der Waals surface area contributed by atoms with Gasteiger partial charge in [0, 0.05) is 43.8 Å². The van der Waals surface area contributed by atoms with E-state index in [-0.39, 0.29) is 12.5 Å². The highest BCUT2D eigenvalue weighted by molar-refractivity contribution is 5.97. The fourth-order valence-electron chi connectivity index (χ4n) is 2.00. The first-order chi connectivity index (χ1) is 10.0. The zero-order valence-corrected chi connectivity index (χ0v) is 12.3.